The van der Waals surface area contributed by atoms with Crippen molar-refractivity contribution in [2.75, 3.05) is 7.11 Å². The molecular formula is C21H23NO5. The molecule has 6 nitrogen and oxygen atoms in total. The highest BCUT2D eigenvalue weighted by Gasteiger charge is 2.12. The number of carbonyl (C=O) groups excluding carboxylic acids is 1. The van der Waals surface area contributed by atoms with Gasteiger partial charge in [-0.1, -0.05) is 18.2 Å². The summed E-state index contributed by atoms with van der Waals surface area (Å²) in [6, 6.07) is 10.8. The number of carboxylic acids is 1. The van der Waals surface area contributed by atoms with Crippen LogP contribution >= 0.6 is 0 Å². The van der Waals surface area contributed by atoms with E-state index in [0.29, 0.717) is 23.6 Å². The predicted octanol–water partition coefficient (Wildman–Crippen LogP) is 3.97. The van der Waals surface area contributed by atoms with Crippen LogP contribution in [0.5, 0.6) is 11.5 Å². The van der Waals surface area contributed by atoms with Crippen LogP contribution in [0.2, 0.25) is 0 Å². The van der Waals surface area contributed by atoms with Gasteiger partial charge in [-0.3, -0.25) is 14.6 Å². The number of ether oxygens (including phenoxy) is 2. The number of hydrogen-bond donors (Lipinski definition) is 1. The lowest BCUT2D eigenvalue weighted by molar-refractivity contribution is -0.136. The van der Waals surface area contributed by atoms with Gasteiger partial charge in [0.2, 0.25) is 0 Å². The van der Waals surface area contributed by atoms with E-state index >= 15 is 0 Å². The van der Waals surface area contributed by atoms with Crippen LogP contribution in [0.25, 0.3) is 0 Å². The van der Waals surface area contributed by atoms with Crippen molar-refractivity contribution >= 4 is 18.2 Å². The molecule has 0 atom stereocenters. The van der Waals surface area contributed by atoms with Crippen molar-refractivity contribution in [3.05, 3.63) is 58.7 Å². The summed E-state index contributed by atoms with van der Waals surface area (Å²) in [6.45, 7) is 4.56. The molecule has 0 heterocycles. The number of ketones is 1. The molecule has 0 saturated heterocycles. The summed E-state index contributed by atoms with van der Waals surface area (Å²) in [5, 5.41) is 8.71. The van der Waals surface area contributed by atoms with Gasteiger partial charge in [-0.15, -0.1) is 0 Å². The van der Waals surface area contributed by atoms with E-state index in [9.17, 15) is 9.59 Å². The third kappa shape index (κ3) is 5.67. The highest BCUT2D eigenvalue weighted by Crippen LogP contribution is 2.28. The van der Waals surface area contributed by atoms with Crippen LogP contribution in [-0.4, -0.2) is 30.4 Å². The molecule has 2 aromatic carbocycles. The summed E-state index contributed by atoms with van der Waals surface area (Å²) < 4.78 is 10.8. The molecule has 0 fully saturated rings. The van der Waals surface area contributed by atoms with Crippen LogP contribution in [0, 0.1) is 13.8 Å². The Balaban J connectivity index is 2.09. The SMILES string of the molecule is COc1ccc(C(=O)CCC(=O)O)cc1O/C=N\Cc1c(C)cccc1C. The molecule has 2 rings (SSSR count). The Bertz CT molecular complexity index is 837. The topological polar surface area (TPSA) is 85.2 Å². The van der Waals surface area contributed by atoms with Gasteiger partial charge in [-0.05, 0) is 48.7 Å². The fourth-order valence-corrected chi connectivity index (χ4v) is 2.63. The Morgan fingerprint density at radius 1 is 1.07 bits per heavy atom. The van der Waals surface area contributed by atoms with Gasteiger partial charge >= 0.3 is 5.97 Å². The number of carbonyl (C=O) groups is 2. The summed E-state index contributed by atoms with van der Waals surface area (Å²) >= 11 is 0. The minimum Gasteiger partial charge on any atom is -0.493 e. The Morgan fingerprint density at radius 2 is 1.78 bits per heavy atom. The molecule has 0 saturated carbocycles. The first-order valence-electron chi connectivity index (χ1n) is 8.55. The van der Waals surface area contributed by atoms with Crippen LogP contribution in [0.1, 0.15) is 39.9 Å². The second kappa shape index (κ2) is 9.52. The summed E-state index contributed by atoms with van der Waals surface area (Å²) in [6.07, 6.45) is 1.05. The molecule has 0 bridgehead atoms. The number of aliphatic imine (C=N–C) groups is 1. The predicted molar refractivity (Wildman–Crippen MR) is 103 cm³/mol. The standard InChI is InChI=1S/C21H23NO5/c1-14-5-4-6-15(2)17(14)12-22-13-27-20-11-16(7-9-19(20)26-3)18(23)8-10-21(24)25/h4-7,9,11,13H,8,10,12H2,1-3H3,(H,24,25)/b22-13-. The zero-order valence-corrected chi connectivity index (χ0v) is 15.7. The number of rotatable bonds is 9. The Labute approximate surface area is 158 Å². The number of nitrogens with zero attached hydrogens (tertiary/aromatic N) is 1. The minimum atomic E-state index is -1.01. The molecule has 142 valence electrons. The first-order chi connectivity index (χ1) is 12.9. The van der Waals surface area contributed by atoms with Gasteiger partial charge in [0.25, 0.3) is 0 Å². The number of carboxylic acid groups (broad SMARTS) is 1. The molecule has 0 aromatic heterocycles. The zero-order valence-electron chi connectivity index (χ0n) is 15.7. The van der Waals surface area contributed by atoms with Gasteiger partial charge in [0.1, 0.15) is 0 Å². The Kier molecular flexibility index (Phi) is 7.11. The number of aliphatic carboxylic acids is 1. The van der Waals surface area contributed by atoms with E-state index in [1.807, 2.05) is 32.0 Å². The van der Waals surface area contributed by atoms with E-state index in [0.717, 1.165) is 16.7 Å². The van der Waals surface area contributed by atoms with Gasteiger partial charge in [-0.2, -0.15) is 0 Å². The van der Waals surface area contributed by atoms with Crippen molar-refractivity contribution in [1.29, 1.82) is 0 Å². The highest BCUT2D eigenvalue weighted by molar-refractivity contribution is 5.98. The van der Waals surface area contributed by atoms with Crippen molar-refractivity contribution in [2.45, 2.75) is 33.2 Å². The largest absolute Gasteiger partial charge is 0.493 e. The Morgan fingerprint density at radius 3 is 2.41 bits per heavy atom. The van der Waals surface area contributed by atoms with Crippen molar-refractivity contribution in [1.82, 2.24) is 0 Å². The number of aryl methyl sites for hydroxylation is 2. The molecular weight excluding hydrogens is 346 g/mol. The number of benzene rings is 2. The molecule has 0 spiro atoms. The average Bonchev–Trinajstić information content (AvgIpc) is 2.64. The van der Waals surface area contributed by atoms with E-state index in [1.54, 1.807) is 12.1 Å². The maximum absolute atomic E-state index is 12.1. The van der Waals surface area contributed by atoms with E-state index < -0.39 is 5.97 Å². The molecule has 0 aliphatic heterocycles. The third-order valence-corrected chi connectivity index (χ3v) is 4.20. The number of methoxy groups -OCH3 is 1. The summed E-state index contributed by atoms with van der Waals surface area (Å²) in [4.78, 5) is 27.0. The second-order valence-corrected chi connectivity index (χ2v) is 6.12. The van der Waals surface area contributed by atoms with Crippen LogP contribution in [0.15, 0.2) is 41.4 Å². The van der Waals surface area contributed by atoms with Crippen molar-refractivity contribution in [3.63, 3.8) is 0 Å². The van der Waals surface area contributed by atoms with Gasteiger partial charge < -0.3 is 14.6 Å². The van der Waals surface area contributed by atoms with Crippen LogP contribution < -0.4 is 9.47 Å². The van der Waals surface area contributed by atoms with E-state index in [-0.39, 0.29) is 18.6 Å². The van der Waals surface area contributed by atoms with Crippen molar-refractivity contribution in [3.8, 4) is 11.5 Å². The van der Waals surface area contributed by atoms with Gasteiger partial charge in [0.05, 0.1) is 20.1 Å². The van der Waals surface area contributed by atoms with E-state index in [2.05, 4.69) is 4.99 Å². The van der Waals surface area contributed by atoms with E-state index in [1.165, 1.54) is 19.6 Å². The Hall–Kier alpha value is -3.15. The van der Waals surface area contributed by atoms with Crippen molar-refractivity contribution in [2.24, 2.45) is 4.99 Å². The fraction of sp³-hybridized carbons (Fsp3) is 0.286. The van der Waals surface area contributed by atoms with Gasteiger partial charge in [0.15, 0.2) is 23.7 Å². The second-order valence-electron chi connectivity index (χ2n) is 6.12. The normalized spacial score (nSPS) is 10.8. The van der Waals surface area contributed by atoms with Crippen LogP contribution in [0.3, 0.4) is 0 Å². The minimum absolute atomic E-state index is 0.0677. The summed E-state index contributed by atoms with van der Waals surface area (Å²) in [5.41, 5.74) is 3.84. The summed E-state index contributed by atoms with van der Waals surface area (Å²) in [7, 11) is 1.50. The van der Waals surface area contributed by atoms with Crippen LogP contribution in [0.4, 0.5) is 0 Å². The highest BCUT2D eigenvalue weighted by atomic mass is 16.5. The molecule has 0 radical (unpaired) electrons. The lowest BCUT2D eigenvalue weighted by Gasteiger charge is -2.09. The lowest BCUT2D eigenvalue weighted by atomic mass is 10.0. The van der Waals surface area contributed by atoms with Gasteiger partial charge in [-0.25, -0.2) is 0 Å². The quantitative estimate of drug-likeness (QED) is 0.411. The molecule has 1 N–H and O–H groups in total. The molecule has 6 heteroatoms. The monoisotopic (exact) mass is 369 g/mol. The van der Waals surface area contributed by atoms with E-state index in [4.69, 9.17) is 14.6 Å². The number of Topliss-reactive ketones (excluding diaryl/α,β-unsaturated/α-hetero) is 1. The molecule has 2 aromatic rings. The number of hydrogen-bond acceptors (Lipinski definition) is 5. The fourth-order valence-electron chi connectivity index (χ4n) is 2.63. The van der Waals surface area contributed by atoms with Crippen LogP contribution in [-0.2, 0) is 11.3 Å². The van der Waals surface area contributed by atoms with Gasteiger partial charge in [0, 0.05) is 12.0 Å². The third-order valence-electron chi connectivity index (χ3n) is 4.20. The lowest BCUT2D eigenvalue weighted by Crippen LogP contribution is -2.05. The maximum Gasteiger partial charge on any atom is 0.303 e. The summed E-state index contributed by atoms with van der Waals surface area (Å²) in [5.74, 6) is -0.461. The first-order valence-corrected chi connectivity index (χ1v) is 8.55. The molecule has 0 amide bonds. The maximum atomic E-state index is 12.1. The molecule has 0 aliphatic rings. The zero-order chi connectivity index (χ0) is 19.8. The average molecular weight is 369 g/mol. The molecule has 27 heavy (non-hydrogen) atoms. The molecule has 0 unspecified atom stereocenters. The molecule has 0 aliphatic carbocycles. The smallest absolute Gasteiger partial charge is 0.303 e. The van der Waals surface area contributed by atoms with Crippen molar-refractivity contribution < 1.29 is 24.2 Å². The first kappa shape index (κ1) is 20.2.